The maximum Gasteiger partial charge on any atom is 0.189 e. The molecule has 3 rings (SSSR count). The minimum absolute atomic E-state index is 0.489. The van der Waals surface area contributed by atoms with Crippen molar-refractivity contribution < 1.29 is 0 Å². The fourth-order valence-electron chi connectivity index (χ4n) is 3.28. The van der Waals surface area contributed by atoms with E-state index in [0.29, 0.717) is 18.5 Å². The fraction of sp³-hybridized carbons (Fsp3) is 0.500. The van der Waals surface area contributed by atoms with E-state index in [1.165, 1.54) is 49.1 Å². The van der Waals surface area contributed by atoms with E-state index in [-0.39, 0.29) is 0 Å². The van der Waals surface area contributed by atoms with Gasteiger partial charge in [-0.2, -0.15) is 0 Å². The van der Waals surface area contributed by atoms with Crippen molar-refractivity contribution in [2.45, 2.75) is 64.0 Å². The number of guanidine groups is 1. The molecular formula is C20H28N4S. The van der Waals surface area contributed by atoms with Crippen LogP contribution in [0.15, 0.2) is 40.7 Å². The number of nitrogens with zero attached hydrogens (tertiary/aromatic N) is 2. The number of thiazole rings is 1. The number of rotatable bonds is 6. The van der Waals surface area contributed by atoms with Crippen LogP contribution in [0.5, 0.6) is 0 Å². The summed E-state index contributed by atoms with van der Waals surface area (Å²) in [5.41, 5.74) is 8.43. The van der Waals surface area contributed by atoms with Crippen molar-refractivity contribution in [1.29, 1.82) is 0 Å². The Kier molecular flexibility index (Phi) is 6.86. The highest BCUT2D eigenvalue weighted by molar-refractivity contribution is 7.09. The zero-order valence-electron chi connectivity index (χ0n) is 14.8. The van der Waals surface area contributed by atoms with E-state index in [2.05, 4.69) is 51.0 Å². The van der Waals surface area contributed by atoms with E-state index in [1.54, 1.807) is 11.3 Å². The Labute approximate surface area is 154 Å². The molecule has 0 amide bonds. The van der Waals surface area contributed by atoms with Crippen LogP contribution in [0.3, 0.4) is 0 Å². The molecule has 1 fully saturated rings. The lowest BCUT2D eigenvalue weighted by Gasteiger charge is -2.16. The van der Waals surface area contributed by atoms with Crippen LogP contribution in [0, 0.1) is 0 Å². The van der Waals surface area contributed by atoms with Gasteiger partial charge in [0, 0.05) is 17.8 Å². The van der Waals surface area contributed by atoms with E-state index in [9.17, 15) is 0 Å². The van der Waals surface area contributed by atoms with E-state index >= 15 is 0 Å². The van der Waals surface area contributed by atoms with Crippen LogP contribution in [0.4, 0.5) is 0 Å². The molecule has 134 valence electrons. The first kappa shape index (κ1) is 17.9. The summed E-state index contributed by atoms with van der Waals surface area (Å²) in [6.07, 6.45) is 9.70. The minimum atomic E-state index is 0.489. The standard InChI is InChI=1S/C20H28N4S/c21-20(24-17-10-6-1-2-7-11-17)22-14-18-15-25-19(23-18)13-12-16-8-4-3-5-9-16/h3-5,8-9,15,17H,1-2,6-7,10-14H2,(H3,21,22,24). The number of aromatic nitrogens is 1. The summed E-state index contributed by atoms with van der Waals surface area (Å²) in [4.78, 5) is 9.17. The van der Waals surface area contributed by atoms with Crippen LogP contribution in [-0.4, -0.2) is 17.0 Å². The lowest BCUT2D eigenvalue weighted by Crippen LogP contribution is -2.39. The van der Waals surface area contributed by atoms with E-state index in [1.807, 2.05) is 0 Å². The molecule has 5 heteroatoms. The van der Waals surface area contributed by atoms with Gasteiger partial charge in [-0.25, -0.2) is 9.98 Å². The molecule has 0 saturated heterocycles. The molecular weight excluding hydrogens is 328 g/mol. The molecule has 1 aromatic heterocycles. The number of hydrogen-bond donors (Lipinski definition) is 2. The topological polar surface area (TPSA) is 63.3 Å². The minimum Gasteiger partial charge on any atom is -0.370 e. The van der Waals surface area contributed by atoms with Gasteiger partial charge in [0.25, 0.3) is 0 Å². The molecule has 0 aliphatic heterocycles. The van der Waals surface area contributed by atoms with Crippen molar-refractivity contribution in [3.8, 4) is 0 Å². The molecule has 1 aromatic carbocycles. The number of aliphatic imine (C=N–C) groups is 1. The number of benzene rings is 1. The molecule has 25 heavy (non-hydrogen) atoms. The normalized spacial score (nSPS) is 16.6. The van der Waals surface area contributed by atoms with Gasteiger partial charge in [0.05, 0.1) is 17.2 Å². The summed E-state index contributed by atoms with van der Waals surface area (Å²) < 4.78 is 0. The molecule has 1 aliphatic rings. The first-order valence-corrected chi connectivity index (χ1v) is 10.2. The Morgan fingerprint density at radius 1 is 1.12 bits per heavy atom. The molecule has 0 spiro atoms. The zero-order chi connectivity index (χ0) is 17.3. The monoisotopic (exact) mass is 356 g/mol. The van der Waals surface area contributed by atoms with Crippen LogP contribution >= 0.6 is 11.3 Å². The first-order chi connectivity index (χ1) is 12.3. The average molecular weight is 357 g/mol. The Morgan fingerprint density at radius 2 is 1.88 bits per heavy atom. The smallest absolute Gasteiger partial charge is 0.189 e. The molecule has 3 N–H and O–H groups in total. The largest absolute Gasteiger partial charge is 0.370 e. The van der Waals surface area contributed by atoms with E-state index in [0.717, 1.165) is 18.5 Å². The van der Waals surface area contributed by atoms with Crippen LogP contribution in [-0.2, 0) is 19.4 Å². The number of aryl methyl sites for hydroxylation is 2. The number of hydrogen-bond acceptors (Lipinski definition) is 3. The second kappa shape index (κ2) is 9.56. The van der Waals surface area contributed by atoms with Crippen molar-refractivity contribution >= 4 is 17.3 Å². The van der Waals surface area contributed by atoms with Gasteiger partial charge in [0.15, 0.2) is 5.96 Å². The van der Waals surface area contributed by atoms with Gasteiger partial charge in [-0.1, -0.05) is 56.0 Å². The van der Waals surface area contributed by atoms with E-state index in [4.69, 9.17) is 5.73 Å². The SMILES string of the molecule is NC(=NCc1csc(CCc2ccccc2)n1)NC1CCCCCC1. The highest BCUT2D eigenvalue weighted by Gasteiger charge is 2.12. The predicted molar refractivity (Wildman–Crippen MR) is 106 cm³/mol. The second-order valence-corrected chi connectivity index (χ2v) is 7.70. The summed E-state index contributed by atoms with van der Waals surface area (Å²) in [5, 5.41) is 6.66. The Bertz CT molecular complexity index is 657. The average Bonchev–Trinajstić information content (AvgIpc) is 2.94. The van der Waals surface area contributed by atoms with Crippen molar-refractivity contribution in [3.63, 3.8) is 0 Å². The molecule has 0 atom stereocenters. The van der Waals surface area contributed by atoms with Crippen molar-refractivity contribution in [3.05, 3.63) is 52.0 Å². The number of nitrogens with two attached hydrogens (primary N) is 1. The van der Waals surface area contributed by atoms with Gasteiger partial charge in [-0.3, -0.25) is 0 Å². The molecule has 0 radical (unpaired) electrons. The van der Waals surface area contributed by atoms with Crippen LogP contribution in [0.2, 0.25) is 0 Å². The molecule has 0 unspecified atom stereocenters. The molecule has 1 aliphatic carbocycles. The van der Waals surface area contributed by atoms with Crippen LogP contribution < -0.4 is 11.1 Å². The predicted octanol–water partition coefficient (Wildman–Crippen LogP) is 4.06. The zero-order valence-corrected chi connectivity index (χ0v) is 15.6. The molecule has 1 saturated carbocycles. The quantitative estimate of drug-likeness (QED) is 0.466. The lowest BCUT2D eigenvalue weighted by atomic mass is 10.1. The van der Waals surface area contributed by atoms with E-state index < -0.39 is 0 Å². The Morgan fingerprint density at radius 3 is 2.64 bits per heavy atom. The van der Waals surface area contributed by atoms with Gasteiger partial charge in [0.1, 0.15) is 0 Å². The second-order valence-electron chi connectivity index (χ2n) is 6.75. The molecule has 0 bridgehead atoms. The summed E-state index contributed by atoms with van der Waals surface area (Å²) in [7, 11) is 0. The van der Waals surface area contributed by atoms with Crippen molar-refractivity contribution in [1.82, 2.24) is 10.3 Å². The van der Waals surface area contributed by atoms with Crippen molar-refractivity contribution in [2.75, 3.05) is 0 Å². The summed E-state index contributed by atoms with van der Waals surface area (Å²) in [5.74, 6) is 0.561. The maximum absolute atomic E-state index is 6.06. The summed E-state index contributed by atoms with van der Waals surface area (Å²) in [6.45, 7) is 0.563. The van der Waals surface area contributed by atoms with Crippen molar-refractivity contribution in [2.24, 2.45) is 10.7 Å². The van der Waals surface area contributed by atoms with Gasteiger partial charge in [0.2, 0.25) is 0 Å². The third-order valence-corrected chi connectivity index (χ3v) is 5.65. The van der Waals surface area contributed by atoms with Gasteiger partial charge < -0.3 is 11.1 Å². The molecule has 2 aromatic rings. The highest BCUT2D eigenvalue weighted by atomic mass is 32.1. The maximum atomic E-state index is 6.06. The third kappa shape index (κ3) is 6.16. The summed E-state index contributed by atoms with van der Waals surface area (Å²) in [6, 6.07) is 11.0. The van der Waals surface area contributed by atoms with Crippen LogP contribution in [0.25, 0.3) is 0 Å². The molecule has 4 nitrogen and oxygen atoms in total. The van der Waals surface area contributed by atoms with Gasteiger partial charge in [-0.15, -0.1) is 11.3 Å². The highest BCUT2D eigenvalue weighted by Crippen LogP contribution is 2.17. The Hall–Kier alpha value is -1.88. The number of nitrogens with one attached hydrogen (secondary N) is 1. The summed E-state index contributed by atoms with van der Waals surface area (Å²) >= 11 is 1.72. The van der Waals surface area contributed by atoms with Gasteiger partial charge >= 0.3 is 0 Å². The molecule has 1 heterocycles. The first-order valence-electron chi connectivity index (χ1n) is 9.33. The Balaban J connectivity index is 1.45. The lowest BCUT2D eigenvalue weighted by molar-refractivity contribution is 0.530. The fourth-order valence-corrected chi connectivity index (χ4v) is 4.07. The third-order valence-electron chi connectivity index (χ3n) is 4.69. The van der Waals surface area contributed by atoms with Crippen LogP contribution in [0.1, 0.15) is 54.8 Å². The van der Waals surface area contributed by atoms with Gasteiger partial charge in [-0.05, 0) is 24.8 Å².